The predicted molar refractivity (Wildman–Crippen MR) is 126 cm³/mol. The van der Waals surface area contributed by atoms with Gasteiger partial charge in [-0.25, -0.2) is 0 Å². The van der Waals surface area contributed by atoms with Gasteiger partial charge in [-0.15, -0.1) is 0 Å². The number of morpholine rings is 1. The molecule has 4 heteroatoms. The SMILES string of the molecule is CC(CN1C[C@@H](C)OC[C@@H]1C)[C@H]1CC[C@H]2C(=CC=C3C[C@@H](O)C[C@H](O)C3)CCC[C@]12C. The first-order valence-corrected chi connectivity index (χ1v) is 12.9. The molecule has 4 fully saturated rings. The summed E-state index contributed by atoms with van der Waals surface area (Å²) in [4.78, 5) is 2.67. The Morgan fingerprint density at radius 2 is 1.90 bits per heavy atom. The fraction of sp³-hybridized carbons (Fsp3) is 0.852. The van der Waals surface area contributed by atoms with Crippen LogP contribution >= 0.6 is 0 Å². The molecule has 0 aromatic carbocycles. The van der Waals surface area contributed by atoms with Crippen LogP contribution in [0, 0.1) is 23.2 Å². The van der Waals surface area contributed by atoms with E-state index in [9.17, 15) is 10.2 Å². The van der Waals surface area contributed by atoms with Crippen LogP contribution in [0.2, 0.25) is 0 Å². The van der Waals surface area contributed by atoms with E-state index in [0.29, 0.717) is 35.8 Å². The average Bonchev–Trinajstić information content (AvgIpc) is 3.06. The Morgan fingerprint density at radius 1 is 1.16 bits per heavy atom. The maximum absolute atomic E-state index is 10.0. The Kier molecular flexibility index (Phi) is 7.32. The lowest BCUT2D eigenvalue weighted by atomic mass is 9.61. The Morgan fingerprint density at radius 3 is 2.65 bits per heavy atom. The van der Waals surface area contributed by atoms with E-state index in [4.69, 9.17) is 4.74 Å². The number of aliphatic hydroxyl groups excluding tert-OH is 2. The van der Waals surface area contributed by atoms with Gasteiger partial charge < -0.3 is 14.9 Å². The van der Waals surface area contributed by atoms with Crippen molar-refractivity contribution in [3.05, 3.63) is 23.3 Å². The normalized spacial score (nSPS) is 44.3. The third kappa shape index (κ3) is 5.13. The first-order valence-electron chi connectivity index (χ1n) is 12.9. The fourth-order valence-corrected chi connectivity index (χ4v) is 7.47. The zero-order valence-corrected chi connectivity index (χ0v) is 20.2. The largest absolute Gasteiger partial charge is 0.393 e. The van der Waals surface area contributed by atoms with Crippen LogP contribution in [0.1, 0.15) is 79.1 Å². The summed E-state index contributed by atoms with van der Waals surface area (Å²) in [6.07, 6.45) is 12.7. The van der Waals surface area contributed by atoms with Crippen LogP contribution in [0.3, 0.4) is 0 Å². The second-order valence-electron chi connectivity index (χ2n) is 11.5. The van der Waals surface area contributed by atoms with Crippen molar-refractivity contribution in [2.45, 2.75) is 103 Å². The van der Waals surface area contributed by atoms with E-state index >= 15 is 0 Å². The van der Waals surface area contributed by atoms with E-state index < -0.39 is 0 Å². The highest BCUT2D eigenvalue weighted by Crippen LogP contribution is 2.59. The predicted octanol–water partition coefficient (Wildman–Crippen LogP) is 4.71. The van der Waals surface area contributed by atoms with Gasteiger partial charge in [-0.2, -0.15) is 0 Å². The molecule has 3 aliphatic carbocycles. The number of hydrogen-bond donors (Lipinski definition) is 2. The summed E-state index contributed by atoms with van der Waals surface area (Å²) in [6, 6.07) is 0.526. The first-order chi connectivity index (χ1) is 14.8. The Hall–Kier alpha value is -0.680. The molecule has 1 saturated heterocycles. The number of fused-ring (bicyclic) bond motifs is 1. The molecule has 4 nitrogen and oxygen atoms in total. The molecule has 0 spiro atoms. The van der Waals surface area contributed by atoms with Crippen molar-refractivity contribution in [2.75, 3.05) is 19.7 Å². The molecule has 0 radical (unpaired) electrons. The fourth-order valence-electron chi connectivity index (χ4n) is 7.47. The molecule has 3 saturated carbocycles. The number of rotatable bonds is 4. The minimum Gasteiger partial charge on any atom is -0.393 e. The smallest absolute Gasteiger partial charge is 0.0674 e. The van der Waals surface area contributed by atoms with Crippen LogP contribution < -0.4 is 0 Å². The lowest BCUT2D eigenvalue weighted by Crippen LogP contribution is -2.50. The second kappa shape index (κ2) is 9.67. The second-order valence-corrected chi connectivity index (χ2v) is 11.5. The van der Waals surface area contributed by atoms with Gasteiger partial charge in [0.15, 0.2) is 0 Å². The number of nitrogens with zero attached hydrogens (tertiary/aromatic N) is 1. The van der Waals surface area contributed by atoms with Crippen molar-refractivity contribution in [1.82, 2.24) is 4.90 Å². The van der Waals surface area contributed by atoms with Crippen molar-refractivity contribution in [3.63, 3.8) is 0 Å². The Balaban J connectivity index is 1.45. The molecule has 1 heterocycles. The van der Waals surface area contributed by atoms with Crippen molar-refractivity contribution in [3.8, 4) is 0 Å². The standard InChI is InChI=1S/C27H45NO3/c1-18(15-28-16-20(3)31-17-19(28)2)25-9-10-26-22(6-5-11-27(25,26)4)8-7-21-12-23(29)14-24(30)13-21/h7-8,18-20,23-26,29-30H,5-6,9-17H2,1-4H3/t18?,19-,20+,23+,24+,25+,26-,27+/m0/s1. The molecule has 0 amide bonds. The lowest BCUT2D eigenvalue weighted by molar-refractivity contribution is -0.0596. The molecule has 1 unspecified atom stereocenters. The molecule has 4 rings (SSSR count). The number of allylic oxidation sites excluding steroid dienone is 3. The van der Waals surface area contributed by atoms with Crippen LogP contribution in [-0.4, -0.2) is 59.2 Å². The van der Waals surface area contributed by atoms with Crippen molar-refractivity contribution in [1.29, 1.82) is 0 Å². The third-order valence-corrected chi connectivity index (χ3v) is 9.06. The van der Waals surface area contributed by atoms with Crippen molar-refractivity contribution >= 4 is 0 Å². The molecule has 0 aromatic heterocycles. The molecule has 8 atom stereocenters. The maximum Gasteiger partial charge on any atom is 0.0674 e. The van der Waals surface area contributed by atoms with Crippen molar-refractivity contribution < 1.29 is 14.9 Å². The van der Waals surface area contributed by atoms with Gasteiger partial charge >= 0.3 is 0 Å². The molecular weight excluding hydrogens is 386 g/mol. The Bertz CT molecular complexity index is 676. The average molecular weight is 432 g/mol. The third-order valence-electron chi connectivity index (χ3n) is 9.06. The highest BCUT2D eigenvalue weighted by molar-refractivity contribution is 5.26. The zero-order valence-electron chi connectivity index (χ0n) is 20.2. The quantitative estimate of drug-likeness (QED) is 0.677. The Labute approximate surface area is 189 Å². The van der Waals surface area contributed by atoms with Gasteiger partial charge in [0.05, 0.1) is 24.9 Å². The summed E-state index contributed by atoms with van der Waals surface area (Å²) in [5.74, 6) is 2.20. The molecule has 1 aliphatic heterocycles. The molecular formula is C27H45NO3. The highest BCUT2D eigenvalue weighted by Gasteiger charge is 2.51. The first kappa shape index (κ1) is 23.5. The molecule has 0 bridgehead atoms. The molecule has 0 aromatic rings. The zero-order chi connectivity index (χ0) is 22.2. The molecule has 4 aliphatic rings. The summed E-state index contributed by atoms with van der Waals surface area (Å²) in [7, 11) is 0. The maximum atomic E-state index is 10.0. The molecule has 2 N–H and O–H groups in total. The summed E-state index contributed by atoms with van der Waals surface area (Å²) >= 11 is 0. The minimum atomic E-state index is -0.382. The van der Waals surface area contributed by atoms with Gasteiger partial charge in [0.1, 0.15) is 0 Å². The van der Waals surface area contributed by atoms with E-state index in [1.165, 1.54) is 44.2 Å². The van der Waals surface area contributed by atoms with Gasteiger partial charge in [-0.1, -0.05) is 37.1 Å². The van der Waals surface area contributed by atoms with Crippen LogP contribution in [0.15, 0.2) is 23.3 Å². The van der Waals surface area contributed by atoms with Gasteiger partial charge in [0.2, 0.25) is 0 Å². The van der Waals surface area contributed by atoms with Crippen LogP contribution in [0.4, 0.5) is 0 Å². The highest BCUT2D eigenvalue weighted by atomic mass is 16.5. The summed E-state index contributed by atoms with van der Waals surface area (Å²) in [5.41, 5.74) is 3.25. The summed E-state index contributed by atoms with van der Waals surface area (Å²) in [6.45, 7) is 12.7. The van der Waals surface area contributed by atoms with E-state index in [1.807, 2.05) is 0 Å². The topological polar surface area (TPSA) is 52.9 Å². The number of ether oxygens (including phenoxy) is 1. The number of aliphatic hydroxyl groups is 2. The van der Waals surface area contributed by atoms with Gasteiger partial charge in [0, 0.05) is 19.1 Å². The molecule has 176 valence electrons. The number of hydrogen-bond acceptors (Lipinski definition) is 4. The van der Waals surface area contributed by atoms with Crippen LogP contribution in [0.25, 0.3) is 0 Å². The van der Waals surface area contributed by atoms with E-state index in [1.54, 1.807) is 5.57 Å². The van der Waals surface area contributed by atoms with E-state index in [2.05, 4.69) is 44.7 Å². The van der Waals surface area contributed by atoms with Crippen molar-refractivity contribution in [2.24, 2.45) is 23.2 Å². The minimum absolute atomic E-state index is 0.351. The van der Waals surface area contributed by atoms with Crippen LogP contribution in [-0.2, 0) is 4.74 Å². The van der Waals surface area contributed by atoms with Crippen LogP contribution in [0.5, 0.6) is 0 Å². The van der Waals surface area contributed by atoms with E-state index in [0.717, 1.165) is 31.9 Å². The lowest BCUT2D eigenvalue weighted by Gasteiger charge is -2.46. The summed E-state index contributed by atoms with van der Waals surface area (Å²) in [5, 5.41) is 20.0. The van der Waals surface area contributed by atoms with Gasteiger partial charge in [-0.05, 0) is 88.4 Å². The molecule has 31 heavy (non-hydrogen) atoms. The van der Waals surface area contributed by atoms with Gasteiger partial charge in [-0.3, -0.25) is 4.90 Å². The van der Waals surface area contributed by atoms with E-state index in [-0.39, 0.29) is 12.2 Å². The summed E-state index contributed by atoms with van der Waals surface area (Å²) < 4.78 is 5.85. The van der Waals surface area contributed by atoms with Gasteiger partial charge in [0.25, 0.3) is 0 Å². The monoisotopic (exact) mass is 431 g/mol.